The van der Waals surface area contributed by atoms with Crippen LogP contribution in [0.4, 0.5) is 0 Å². The minimum atomic E-state index is -0.979. The van der Waals surface area contributed by atoms with Gasteiger partial charge < -0.3 is 9.84 Å². The largest absolute Gasteiger partial charge is 0.479 e. The van der Waals surface area contributed by atoms with E-state index >= 15 is 0 Å². The van der Waals surface area contributed by atoms with Gasteiger partial charge in [0.1, 0.15) is 0 Å². The van der Waals surface area contributed by atoms with Crippen LogP contribution in [0.15, 0.2) is 0 Å². The number of carboxylic acids is 1. The summed E-state index contributed by atoms with van der Waals surface area (Å²) >= 11 is 0. The molecule has 0 spiro atoms. The van der Waals surface area contributed by atoms with E-state index in [0.29, 0.717) is 24.9 Å². The first-order chi connectivity index (χ1) is 6.94. The van der Waals surface area contributed by atoms with Crippen molar-refractivity contribution in [2.75, 3.05) is 6.61 Å². The molecule has 1 atom stereocenters. The van der Waals surface area contributed by atoms with E-state index in [2.05, 4.69) is 13.8 Å². The van der Waals surface area contributed by atoms with E-state index in [-0.39, 0.29) is 0 Å². The molecule has 1 saturated carbocycles. The summed E-state index contributed by atoms with van der Waals surface area (Å²) in [6.45, 7) is 6.51. The summed E-state index contributed by atoms with van der Waals surface area (Å²) in [5.74, 6) is 0.305. The number of hydrogen-bond acceptors (Lipinski definition) is 2. The molecule has 1 N–H and O–H groups in total. The standard InChI is InChI=1S/C12H22O3/c1-9(2)6-7-12(3,11(13)14)15-8-10-4-5-10/h9-10H,4-8H2,1-3H3,(H,13,14). The second-order valence-corrected chi connectivity index (χ2v) is 5.22. The first-order valence-corrected chi connectivity index (χ1v) is 5.81. The van der Waals surface area contributed by atoms with Crippen molar-refractivity contribution in [3.63, 3.8) is 0 Å². The van der Waals surface area contributed by atoms with E-state index in [0.717, 1.165) is 6.42 Å². The van der Waals surface area contributed by atoms with Crippen LogP contribution in [-0.4, -0.2) is 23.3 Å². The van der Waals surface area contributed by atoms with E-state index in [9.17, 15) is 4.79 Å². The molecule has 1 rings (SSSR count). The highest BCUT2D eigenvalue weighted by molar-refractivity contribution is 5.76. The number of ether oxygens (including phenoxy) is 1. The highest BCUT2D eigenvalue weighted by atomic mass is 16.5. The lowest BCUT2D eigenvalue weighted by atomic mass is 9.95. The maximum absolute atomic E-state index is 11.1. The molecule has 15 heavy (non-hydrogen) atoms. The third-order valence-corrected chi connectivity index (χ3v) is 2.99. The van der Waals surface area contributed by atoms with Crippen molar-refractivity contribution in [1.29, 1.82) is 0 Å². The quantitative estimate of drug-likeness (QED) is 0.708. The SMILES string of the molecule is CC(C)CCC(C)(OCC1CC1)C(=O)O. The topological polar surface area (TPSA) is 46.5 Å². The van der Waals surface area contributed by atoms with Crippen molar-refractivity contribution in [2.24, 2.45) is 11.8 Å². The Morgan fingerprint density at radius 2 is 2.13 bits per heavy atom. The molecule has 0 bridgehead atoms. The first-order valence-electron chi connectivity index (χ1n) is 5.81. The van der Waals surface area contributed by atoms with Crippen LogP contribution in [0.2, 0.25) is 0 Å². The molecular weight excluding hydrogens is 192 g/mol. The number of rotatable bonds is 7. The lowest BCUT2D eigenvalue weighted by molar-refractivity contribution is -0.165. The van der Waals surface area contributed by atoms with Gasteiger partial charge in [-0.2, -0.15) is 0 Å². The number of aliphatic carboxylic acids is 1. The third-order valence-electron chi connectivity index (χ3n) is 2.99. The highest BCUT2D eigenvalue weighted by Crippen LogP contribution is 2.31. The number of carboxylic acid groups (broad SMARTS) is 1. The molecule has 3 nitrogen and oxygen atoms in total. The van der Waals surface area contributed by atoms with Crippen molar-refractivity contribution < 1.29 is 14.6 Å². The first kappa shape index (κ1) is 12.5. The fourth-order valence-electron chi connectivity index (χ4n) is 1.39. The van der Waals surface area contributed by atoms with Gasteiger partial charge in [-0.05, 0) is 44.4 Å². The third kappa shape index (κ3) is 4.20. The van der Waals surface area contributed by atoms with Gasteiger partial charge >= 0.3 is 5.97 Å². The van der Waals surface area contributed by atoms with Crippen molar-refractivity contribution in [3.8, 4) is 0 Å². The van der Waals surface area contributed by atoms with Crippen LogP contribution in [0.1, 0.15) is 46.5 Å². The minimum Gasteiger partial charge on any atom is -0.479 e. The molecule has 0 aromatic rings. The zero-order valence-electron chi connectivity index (χ0n) is 9.95. The number of carbonyl (C=O) groups is 1. The molecule has 1 aliphatic carbocycles. The Morgan fingerprint density at radius 1 is 1.53 bits per heavy atom. The van der Waals surface area contributed by atoms with E-state index < -0.39 is 11.6 Å². The average molecular weight is 214 g/mol. The monoisotopic (exact) mass is 214 g/mol. The smallest absolute Gasteiger partial charge is 0.335 e. The fraction of sp³-hybridized carbons (Fsp3) is 0.917. The summed E-state index contributed by atoms with van der Waals surface area (Å²) in [4.78, 5) is 11.1. The van der Waals surface area contributed by atoms with Gasteiger partial charge in [0.15, 0.2) is 5.60 Å². The molecule has 0 aromatic heterocycles. The maximum Gasteiger partial charge on any atom is 0.335 e. The highest BCUT2D eigenvalue weighted by Gasteiger charge is 2.36. The normalized spacial score (nSPS) is 20.3. The van der Waals surface area contributed by atoms with Crippen molar-refractivity contribution in [1.82, 2.24) is 0 Å². The van der Waals surface area contributed by atoms with Crippen LogP contribution >= 0.6 is 0 Å². The Labute approximate surface area is 91.8 Å². The van der Waals surface area contributed by atoms with Gasteiger partial charge in [-0.25, -0.2) is 4.79 Å². The van der Waals surface area contributed by atoms with Crippen molar-refractivity contribution in [2.45, 2.75) is 52.1 Å². The zero-order chi connectivity index (χ0) is 11.5. The molecule has 0 aromatic carbocycles. The summed E-state index contributed by atoms with van der Waals surface area (Å²) in [6, 6.07) is 0. The lowest BCUT2D eigenvalue weighted by Gasteiger charge is -2.26. The molecule has 88 valence electrons. The van der Waals surface area contributed by atoms with Gasteiger partial charge in [0, 0.05) is 0 Å². The van der Waals surface area contributed by atoms with Crippen molar-refractivity contribution in [3.05, 3.63) is 0 Å². The molecule has 3 heteroatoms. The lowest BCUT2D eigenvalue weighted by Crippen LogP contribution is -2.39. The predicted molar refractivity (Wildman–Crippen MR) is 58.8 cm³/mol. The predicted octanol–water partition coefficient (Wildman–Crippen LogP) is 2.69. The summed E-state index contributed by atoms with van der Waals surface area (Å²) in [7, 11) is 0. The molecule has 1 unspecified atom stereocenters. The van der Waals surface area contributed by atoms with Crippen LogP contribution in [0.3, 0.4) is 0 Å². The van der Waals surface area contributed by atoms with Gasteiger partial charge in [0.05, 0.1) is 6.61 Å². The molecule has 0 saturated heterocycles. The van der Waals surface area contributed by atoms with Gasteiger partial charge in [-0.3, -0.25) is 0 Å². The Bertz CT molecular complexity index is 213. The summed E-state index contributed by atoms with van der Waals surface area (Å²) in [6.07, 6.45) is 3.89. The molecular formula is C12H22O3. The van der Waals surface area contributed by atoms with Gasteiger partial charge in [-0.1, -0.05) is 13.8 Å². The molecule has 0 amide bonds. The number of hydrogen-bond donors (Lipinski definition) is 1. The van der Waals surface area contributed by atoms with Crippen LogP contribution in [-0.2, 0) is 9.53 Å². The molecule has 0 radical (unpaired) electrons. The molecule has 0 aliphatic heterocycles. The van der Waals surface area contributed by atoms with E-state index in [4.69, 9.17) is 9.84 Å². The summed E-state index contributed by atoms with van der Waals surface area (Å²) in [5.41, 5.74) is -0.979. The summed E-state index contributed by atoms with van der Waals surface area (Å²) < 4.78 is 5.57. The second kappa shape index (κ2) is 4.97. The molecule has 1 fully saturated rings. The summed E-state index contributed by atoms with van der Waals surface area (Å²) in [5, 5.41) is 9.15. The average Bonchev–Trinajstić information content (AvgIpc) is 2.94. The Kier molecular flexibility index (Phi) is 4.14. The van der Waals surface area contributed by atoms with E-state index in [1.54, 1.807) is 6.92 Å². The van der Waals surface area contributed by atoms with Crippen LogP contribution in [0, 0.1) is 11.8 Å². The second-order valence-electron chi connectivity index (χ2n) is 5.22. The molecule has 1 aliphatic rings. The van der Waals surface area contributed by atoms with Crippen LogP contribution in [0.5, 0.6) is 0 Å². The van der Waals surface area contributed by atoms with Crippen LogP contribution < -0.4 is 0 Å². The van der Waals surface area contributed by atoms with Gasteiger partial charge in [-0.15, -0.1) is 0 Å². The minimum absolute atomic E-state index is 0.521. The van der Waals surface area contributed by atoms with Gasteiger partial charge in [0.25, 0.3) is 0 Å². The van der Waals surface area contributed by atoms with Crippen LogP contribution in [0.25, 0.3) is 0 Å². The fourth-order valence-corrected chi connectivity index (χ4v) is 1.39. The Balaban J connectivity index is 2.39. The zero-order valence-corrected chi connectivity index (χ0v) is 9.95. The van der Waals surface area contributed by atoms with Crippen molar-refractivity contribution >= 4 is 5.97 Å². The molecule has 0 heterocycles. The van der Waals surface area contributed by atoms with E-state index in [1.807, 2.05) is 0 Å². The van der Waals surface area contributed by atoms with E-state index in [1.165, 1.54) is 12.8 Å². The van der Waals surface area contributed by atoms with Gasteiger partial charge in [0.2, 0.25) is 0 Å². The maximum atomic E-state index is 11.1. The Hall–Kier alpha value is -0.570. The Morgan fingerprint density at radius 3 is 2.53 bits per heavy atom.